The van der Waals surface area contributed by atoms with Gasteiger partial charge < -0.3 is 14.8 Å². The van der Waals surface area contributed by atoms with Gasteiger partial charge in [-0.25, -0.2) is 14.8 Å². The SMILES string of the molecule is CNc1nc(N2CCOC2=O)cnc1SCC=O. The number of hydrogen-bond donors (Lipinski definition) is 1. The molecule has 0 bridgehead atoms. The molecule has 1 amide bonds. The van der Waals surface area contributed by atoms with Gasteiger partial charge in [0.2, 0.25) is 0 Å². The van der Waals surface area contributed by atoms with Crippen LogP contribution in [0.3, 0.4) is 0 Å². The summed E-state index contributed by atoms with van der Waals surface area (Å²) in [5.74, 6) is 1.30. The third-order valence-corrected chi connectivity index (χ3v) is 3.16. The van der Waals surface area contributed by atoms with E-state index in [1.807, 2.05) is 0 Å². The average Bonchev–Trinajstić information content (AvgIpc) is 2.82. The monoisotopic (exact) mass is 268 g/mol. The van der Waals surface area contributed by atoms with Gasteiger partial charge in [0.1, 0.15) is 17.9 Å². The van der Waals surface area contributed by atoms with Gasteiger partial charge in [-0.3, -0.25) is 4.90 Å². The summed E-state index contributed by atoms with van der Waals surface area (Å²) in [6.07, 6.45) is 1.89. The van der Waals surface area contributed by atoms with Crippen LogP contribution >= 0.6 is 11.8 Å². The zero-order chi connectivity index (χ0) is 13.0. The average molecular weight is 268 g/mol. The molecule has 1 aliphatic rings. The predicted molar refractivity (Wildman–Crippen MR) is 67.1 cm³/mol. The van der Waals surface area contributed by atoms with Crippen molar-refractivity contribution in [1.82, 2.24) is 9.97 Å². The molecule has 0 aliphatic carbocycles. The summed E-state index contributed by atoms with van der Waals surface area (Å²) in [7, 11) is 1.71. The molecule has 7 nitrogen and oxygen atoms in total. The molecule has 0 atom stereocenters. The Morgan fingerprint density at radius 2 is 2.50 bits per heavy atom. The molecule has 0 unspecified atom stereocenters. The normalized spacial score (nSPS) is 14.5. The highest BCUT2D eigenvalue weighted by molar-refractivity contribution is 7.99. The Bertz CT molecular complexity index is 468. The zero-order valence-corrected chi connectivity index (χ0v) is 10.6. The summed E-state index contributed by atoms with van der Waals surface area (Å²) in [6.45, 7) is 0.828. The van der Waals surface area contributed by atoms with Crippen LogP contribution in [0.1, 0.15) is 0 Å². The predicted octanol–water partition coefficient (Wildman–Crippen LogP) is 0.766. The molecule has 1 fully saturated rings. The van der Waals surface area contributed by atoms with E-state index in [0.29, 0.717) is 35.6 Å². The smallest absolute Gasteiger partial charge is 0.415 e. The summed E-state index contributed by atoms with van der Waals surface area (Å²) in [4.78, 5) is 31.6. The second-order valence-corrected chi connectivity index (χ2v) is 4.38. The highest BCUT2D eigenvalue weighted by Crippen LogP contribution is 2.25. The standard InChI is InChI=1S/C10H12N4O3S/c1-11-8-9(18-5-3-15)12-6-7(13-8)14-2-4-17-10(14)16/h3,6H,2,4-5H2,1H3,(H,11,13). The lowest BCUT2D eigenvalue weighted by Crippen LogP contribution is -2.25. The van der Waals surface area contributed by atoms with Crippen LogP contribution < -0.4 is 10.2 Å². The highest BCUT2D eigenvalue weighted by Gasteiger charge is 2.25. The second kappa shape index (κ2) is 5.67. The van der Waals surface area contributed by atoms with E-state index in [4.69, 9.17) is 4.74 Å². The molecule has 8 heteroatoms. The fourth-order valence-electron chi connectivity index (χ4n) is 1.48. The molecule has 0 radical (unpaired) electrons. The van der Waals surface area contributed by atoms with Crippen molar-refractivity contribution in [3.8, 4) is 0 Å². The van der Waals surface area contributed by atoms with Gasteiger partial charge >= 0.3 is 6.09 Å². The Labute approximate surface area is 108 Å². The minimum absolute atomic E-state index is 0.314. The number of amides is 1. The Kier molecular flexibility index (Phi) is 3.98. The van der Waals surface area contributed by atoms with E-state index in [0.717, 1.165) is 6.29 Å². The minimum Gasteiger partial charge on any atom is -0.447 e. The van der Waals surface area contributed by atoms with Gasteiger partial charge in [0, 0.05) is 7.05 Å². The summed E-state index contributed by atoms with van der Waals surface area (Å²) in [5, 5.41) is 3.52. The van der Waals surface area contributed by atoms with Gasteiger partial charge in [-0.15, -0.1) is 0 Å². The minimum atomic E-state index is -0.417. The first-order valence-electron chi connectivity index (χ1n) is 5.31. The second-order valence-electron chi connectivity index (χ2n) is 3.38. The van der Waals surface area contributed by atoms with Crippen molar-refractivity contribution >= 4 is 35.8 Å². The number of thioether (sulfide) groups is 1. The van der Waals surface area contributed by atoms with Gasteiger partial charge in [-0.2, -0.15) is 0 Å². The van der Waals surface area contributed by atoms with Crippen molar-refractivity contribution < 1.29 is 14.3 Å². The molecule has 1 N–H and O–H groups in total. The van der Waals surface area contributed by atoms with E-state index in [-0.39, 0.29) is 0 Å². The van der Waals surface area contributed by atoms with Crippen LogP contribution in [-0.2, 0) is 9.53 Å². The van der Waals surface area contributed by atoms with Crippen LogP contribution in [0.25, 0.3) is 0 Å². The molecule has 2 heterocycles. The molecule has 1 aromatic heterocycles. The molecule has 1 aliphatic heterocycles. The first kappa shape index (κ1) is 12.6. The quantitative estimate of drug-likeness (QED) is 0.623. The van der Waals surface area contributed by atoms with Gasteiger partial charge in [0.15, 0.2) is 11.6 Å². The maximum Gasteiger partial charge on any atom is 0.415 e. The van der Waals surface area contributed by atoms with Crippen LogP contribution in [0.15, 0.2) is 11.2 Å². The van der Waals surface area contributed by atoms with Crippen molar-refractivity contribution in [2.75, 3.05) is 36.2 Å². The molecule has 1 saturated heterocycles. The van der Waals surface area contributed by atoms with Gasteiger partial charge in [0.05, 0.1) is 18.5 Å². The molecular weight excluding hydrogens is 256 g/mol. The molecule has 96 valence electrons. The van der Waals surface area contributed by atoms with Crippen molar-refractivity contribution in [1.29, 1.82) is 0 Å². The number of ether oxygens (including phenoxy) is 1. The molecular formula is C10H12N4O3S. The van der Waals surface area contributed by atoms with Crippen molar-refractivity contribution in [3.05, 3.63) is 6.20 Å². The third kappa shape index (κ3) is 2.53. The number of rotatable bonds is 5. The Morgan fingerprint density at radius 3 is 3.11 bits per heavy atom. The topological polar surface area (TPSA) is 84.4 Å². The Hall–Kier alpha value is -1.83. The summed E-state index contributed by atoms with van der Waals surface area (Å²) in [5.41, 5.74) is 0. The fourth-order valence-corrected chi connectivity index (χ4v) is 2.12. The number of nitrogens with one attached hydrogen (secondary N) is 1. The Balaban J connectivity index is 2.23. The molecule has 2 rings (SSSR count). The van der Waals surface area contributed by atoms with Crippen LogP contribution in [0, 0.1) is 0 Å². The van der Waals surface area contributed by atoms with Gasteiger partial charge in [0.25, 0.3) is 0 Å². The largest absolute Gasteiger partial charge is 0.447 e. The number of hydrogen-bond acceptors (Lipinski definition) is 7. The highest BCUT2D eigenvalue weighted by atomic mass is 32.2. The first-order chi connectivity index (χ1) is 8.76. The lowest BCUT2D eigenvalue weighted by atomic mass is 10.5. The van der Waals surface area contributed by atoms with Crippen molar-refractivity contribution in [2.24, 2.45) is 0 Å². The summed E-state index contributed by atoms with van der Waals surface area (Å²) < 4.78 is 4.84. The molecule has 18 heavy (non-hydrogen) atoms. The van der Waals surface area contributed by atoms with E-state index in [2.05, 4.69) is 15.3 Å². The number of cyclic esters (lactones) is 1. The maximum absolute atomic E-state index is 11.4. The number of nitrogens with zero attached hydrogens (tertiary/aromatic N) is 3. The Morgan fingerprint density at radius 1 is 1.67 bits per heavy atom. The maximum atomic E-state index is 11.4. The van der Waals surface area contributed by atoms with Crippen molar-refractivity contribution in [2.45, 2.75) is 5.03 Å². The number of carbonyl (C=O) groups excluding carboxylic acids is 2. The van der Waals surface area contributed by atoms with E-state index >= 15 is 0 Å². The number of aldehydes is 1. The van der Waals surface area contributed by atoms with Crippen LogP contribution in [0.5, 0.6) is 0 Å². The summed E-state index contributed by atoms with van der Waals surface area (Å²) >= 11 is 1.28. The molecule has 0 spiro atoms. The van der Waals surface area contributed by atoms with E-state index in [1.54, 1.807) is 7.05 Å². The first-order valence-corrected chi connectivity index (χ1v) is 6.30. The van der Waals surface area contributed by atoms with Crippen LogP contribution in [-0.4, -0.2) is 48.3 Å². The van der Waals surface area contributed by atoms with Crippen molar-refractivity contribution in [3.63, 3.8) is 0 Å². The van der Waals surface area contributed by atoms with E-state index in [1.165, 1.54) is 22.9 Å². The number of anilines is 2. The zero-order valence-electron chi connectivity index (χ0n) is 9.75. The number of carbonyl (C=O) groups is 2. The molecule has 0 aromatic carbocycles. The van der Waals surface area contributed by atoms with Crippen LogP contribution in [0.2, 0.25) is 0 Å². The molecule has 0 saturated carbocycles. The third-order valence-electron chi connectivity index (χ3n) is 2.29. The number of aromatic nitrogens is 2. The van der Waals surface area contributed by atoms with Gasteiger partial charge in [-0.1, -0.05) is 11.8 Å². The fraction of sp³-hybridized carbons (Fsp3) is 0.400. The molecule has 1 aromatic rings. The summed E-state index contributed by atoms with van der Waals surface area (Å²) in [6, 6.07) is 0. The van der Waals surface area contributed by atoms with E-state index in [9.17, 15) is 9.59 Å². The lowest BCUT2D eigenvalue weighted by molar-refractivity contribution is -0.105. The lowest BCUT2D eigenvalue weighted by Gasteiger charge is -2.13. The van der Waals surface area contributed by atoms with Crippen LogP contribution in [0.4, 0.5) is 16.4 Å². The van der Waals surface area contributed by atoms with Gasteiger partial charge in [-0.05, 0) is 0 Å². The van der Waals surface area contributed by atoms with E-state index < -0.39 is 6.09 Å².